The second-order valence-electron chi connectivity index (χ2n) is 4.18. The maximum atomic E-state index is 5.20. The van der Waals surface area contributed by atoms with Crippen LogP contribution < -0.4 is 10.1 Å². The molecule has 0 aliphatic carbocycles. The fraction of sp³-hybridized carbons (Fsp3) is 0.538. The van der Waals surface area contributed by atoms with Crippen LogP contribution in [0.4, 0.5) is 5.69 Å². The zero-order valence-electron chi connectivity index (χ0n) is 10.5. The molecule has 1 aromatic carbocycles. The first-order valence-electron chi connectivity index (χ1n) is 5.57. The van der Waals surface area contributed by atoms with Gasteiger partial charge in [-0.25, -0.2) is 0 Å². The first kappa shape index (κ1) is 12.8. The molecule has 1 atom stereocenters. The highest BCUT2D eigenvalue weighted by atomic mass is 16.5. The van der Waals surface area contributed by atoms with E-state index in [1.54, 1.807) is 14.2 Å². The molecular formula is C13H21NO2. The summed E-state index contributed by atoms with van der Waals surface area (Å²) in [4.78, 5) is 0. The van der Waals surface area contributed by atoms with Gasteiger partial charge in [0.2, 0.25) is 0 Å². The normalized spacial score (nSPS) is 12.6. The van der Waals surface area contributed by atoms with Crippen molar-refractivity contribution in [2.45, 2.75) is 19.9 Å². The van der Waals surface area contributed by atoms with E-state index < -0.39 is 0 Å². The first-order valence-corrected chi connectivity index (χ1v) is 5.57. The lowest BCUT2D eigenvalue weighted by molar-refractivity contribution is 0.171. The van der Waals surface area contributed by atoms with Crippen LogP contribution in [0.5, 0.6) is 5.75 Å². The molecule has 0 aromatic heterocycles. The van der Waals surface area contributed by atoms with E-state index in [9.17, 15) is 0 Å². The lowest BCUT2D eigenvalue weighted by Crippen LogP contribution is -2.30. The van der Waals surface area contributed by atoms with E-state index in [1.807, 2.05) is 24.3 Å². The molecule has 0 amide bonds. The van der Waals surface area contributed by atoms with Crippen LogP contribution in [0.3, 0.4) is 0 Å². The van der Waals surface area contributed by atoms with Gasteiger partial charge in [0.1, 0.15) is 5.75 Å². The average molecular weight is 223 g/mol. The van der Waals surface area contributed by atoms with Crippen molar-refractivity contribution in [3.05, 3.63) is 24.3 Å². The van der Waals surface area contributed by atoms with Crippen molar-refractivity contribution < 1.29 is 9.47 Å². The number of methoxy groups -OCH3 is 2. The lowest BCUT2D eigenvalue weighted by Gasteiger charge is -2.22. The second kappa shape index (κ2) is 6.38. The van der Waals surface area contributed by atoms with E-state index >= 15 is 0 Å². The minimum atomic E-state index is 0.332. The van der Waals surface area contributed by atoms with Crippen LogP contribution in [0.15, 0.2) is 24.3 Å². The van der Waals surface area contributed by atoms with E-state index in [1.165, 1.54) is 0 Å². The van der Waals surface area contributed by atoms with Gasteiger partial charge in [-0.05, 0) is 30.2 Å². The van der Waals surface area contributed by atoms with Crippen LogP contribution in [-0.4, -0.2) is 26.9 Å². The van der Waals surface area contributed by atoms with E-state index in [4.69, 9.17) is 9.47 Å². The third-order valence-corrected chi connectivity index (χ3v) is 2.59. The van der Waals surface area contributed by atoms with Crippen molar-refractivity contribution in [3.63, 3.8) is 0 Å². The Labute approximate surface area is 97.8 Å². The topological polar surface area (TPSA) is 30.5 Å². The molecule has 0 fully saturated rings. The average Bonchev–Trinajstić information content (AvgIpc) is 2.29. The highest BCUT2D eigenvalue weighted by Crippen LogP contribution is 2.17. The van der Waals surface area contributed by atoms with Crippen molar-refractivity contribution in [2.75, 3.05) is 26.1 Å². The van der Waals surface area contributed by atoms with Crippen LogP contribution in [0.1, 0.15) is 13.8 Å². The maximum Gasteiger partial charge on any atom is 0.119 e. The molecule has 0 aliphatic heterocycles. The van der Waals surface area contributed by atoms with E-state index in [0.29, 0.717) is 18.6 Å². The summed E-state index contributed by atoms with van der Waals surface area (Å²) >= 11 is 0. The molecule has 90 valence electrons. The summed E-state index contributed by atoms with van der Waals surface area (Å²) in [5, 5.41) is 3.45. The highest BCUT2D eigenvalue weighted by molar-refractivity contribution is 5.47. The minimum absolute atomic E-state index is 0.332. The number of anilines is 1. The molecule has 3 nitrogen and oxygen atoms in total. The number of nitrogens with one attached hydrogen (secondary N) is 1. The molecule has 0 aliphatic rings. The Hall–Kier alpha value is -1.22. The summed E-state index contributed by atoms with van der Waals surface area (Å²) in [6.07, 6.45) is 0. The van der Waals surface area contributed by atoms with Gasteiger partial charge < -0.3 is 14.8 Å². The fourth-order valence-electron chi connectivity index (χ4n) is 1.48. The number of ether oxygens (including phenoxy) is 2. The summed E-state index contributed by atoms with van der Waals surface area (Å²) in [7, 11) is 3.40. The smallest absolute Gasteiger partial charge is 0.119 e. The molecule has 1 aromatic rings. The Morgan fingerprint density at radius 1 is 1.12 bits per heavy atom. The van der Waals surface area contributed by atoms with E-state index in [2.05, 4.69) is 19.2 Å². The largest absolute Gasteiger partial charge is 0.497 e. The van der Waals surface area contributed by atoms with Crippen LogP contribution >= 0.6 is 0 Å². The van der Waals surface area contributed by atoms with Crippen LogP contribution in [0.2, 0.25) is 0 Å². The van der Waals surface area contributed by atoms with Gasteiger partial charge in [0.05, 0.1) is 19.8 Å². The number of hydrogen-bond acceptors (Lipinski definition) is 3. The summed E-state index contributed by atoms with van der Waals surface area (Å²) in [5.74, 6) is 1.40. The zero-order valence-corrected chi connectivity index (χ0v) is 10.5. The summed E-state index contributed by atoms with van der Waals surface area (Å²) in [5.41, 5.74) is 1.09. The lowest BCUT2D eigenvalue weighted by atomic mass is 10.1. The molecule has 0 heterocycles. The van der Waals surface area contributed by atoms with Crippen molar-refractivity contribution in [1.82, 2.24) is 0 Å². The molecule has 0 bridgehead atoms. The van der Waals surface area contributed by atoms with Gasteiger partial charge in [-0.1, -0.05) is 13.8 Å². The summed E-state index contributed by atoms with van der Waals surface area (Å²) in [6.45, 7) is 5.07. The maximum absolute atomic E-state index is 5.20. The molecular weight excluding hydrogens is 202 g/mol. The van der Waals surface area contributed by atoms with Gasteiger partial charge in [-0.3, -0.25) is 0 Å². The van der Waals surface area contributed by atoms with Gasteiger partial charge in [0, 0.05) is 12.8 Å². The summed E-state index contributed by atoms with van der Waals surface area (Å²) < 4.78 is 10.3. The third-order valence-electron chi connectivity index (χ3n) is 2.59. The minimum Gasteiger partial charge on any atom is -0.497 e. The van der Waals surface area contributed by atoms with Gasteiger partial charge in [-0.15, -0.1) is 0 Å². The van der Waals surface area contributed by atoms with Gasteiger partial charge in [-0.2, -0.15) is 0 Å². The monoisotopic (exact) mass is 223 g/mol. The predicted molar refractivity (Wildman–Crippen MR) is 67.1 cm³/mol. The van der Waals surface area contributed by atoms with Crippen LogP contribution in [-0.2, 0) is 4.74 Å². The third kappa shape index (κ3) is 3.74. The predicted octanol–water partition coefficient (Wildman–Crippen LogP) is 2.78. The zero-order chi connectivity index (χ0) is 12.0. The van der Waals surface area contributed by atoms with Crippen molar-refractivity contribution in [2.24, 2.45) is 5.92 Å². The first-order chi connectivity index (χ1) is 7.67. The molecule has 1 N–H and O–H groups in total. The number of benzene rings is 1. The molecule has 1 rings (SSSR count). The van der Waals surface area contributed by atoms with Gasteiger partial charge in [0.15, 0.2) is 0 Å². The molecule has 3 heteroatoms. The van der Waals surface area contributed by atoms with Crippen LogP contribution in [0, 0.1) is 5.92 Å². The molecule has 1 unspecified atom stereocenters. The molecule has 0 radical (unpaired) electrons. The van der Waals surface area contributed by atoms with Gasteiger partial charge >= 0.3 is 0 Å². The van der Waals surface area contributed by atoms with E-state index in [-0.39, 0.29) is 0 Å². The molecule has 0 saturated carbocycles. The number of hydrogen-bond donors (Lipinski definition) is 1. The Balaban J connectivity index is 2.62. The number of rotatable bonds is 6. The van der Waals surface area contributed by atoms with Crippen molar-refractivity contribution in [3.8, 4) is 5.75 Å². The SMILES string of the molecule is COCC(Nc1ccc(OC)cc1)C(C)C. The van der Waals surface area contributed by atoms with E-state index in [0.717, 1.165) is 11.4 Å². The Morgan fingerprint density at radius 3 is 2.19 bits per heavy atom. The second-order valence-corrected chi connectivity index (χ2v) is 4.18. The Bertz CT molecular complexity index is 295. The molecule has 0 spiro atoms. The van der Waals surface area contributed by atoms with Crippen molar-refractivity contribution in [1.29, 1.82) is 0 Å². The van der Waals surface area contributed by atoms with Crippen molar-refractivity contribution >= 4 is 5.69 Å². The van der Waals surface area contributed by atoms with Crippen LogP contribution in [0.25, 0.3) is 0 Å². The molecule has 16 heavy (non-hydrogen) atoms. The standard InChI is InChI=1S/C13H21NO2/c1-10(2)13(9-15-3)14-11-5-7-12(16-4)8-6-11/h5-8,10,13-14H,9H2,1-4H3. The highest BCUT2D eigenvalue weighted by Gasteiger charge is 2.12. The molecule has 0 saturated heterocycles. The Kier molecular flexibility index (Phi) is 5.12. The van der Waals surface area contributed by atoms with Gasteiger partial charge in [0.25, 0.3) is 0 Å². The summed E-state index contributed by atoms with van der Waals surface area (Å²) in [6, 6.07) is 8.27. The quantitative estimate of drug-likeness (QED) is 0.804. The Morgan fingerprint density at radius 2 is 1.75 bits per heavy atom. The fourth-order valence-corrected chi connectivity index (χ4v) is 1.48.